The monoisotopic (exact) mass is 411 g/mol. The predicted molar refractivity (Wildman–Crippen MR) is 106 cm³/mol. The Kier molecular flexibility index (Phi) is 7.58. The van der Waals surface area contributed by atoms with Crippen molar-refractivity contribution in [3.8, 4) is 11.5 Å². The number of alkyl halides is 3. The van der Waals surface area contributed by atoms with E-state index in [-0.39, 0.29) is 23.2 Å². The summed E-state index contributed by atoms with van der Waals surface area (Å²) in [6, 6.07) is 13.5. The molecule has 6 nitrogen and oxygen atoms in total. The van der Waals surface area contributed by atoms with Gasteiger partial charge in [0.05, 0.1) is 7.11 Å². The minimum Gasteiger partial charge on any atom is -0.493 e. The SMILES string of the molecule is COc1ccc(NC(=O)NCC(C)N(C)c2ccccc2)cc1OCC(F)(F)F. The van der Waals surface area contributed by atoms with Crippen molar-refractivity contribution in [2.24, 2.45) is 0 Å². The summed E-state index contributed by atoms with van der Waals surface area (Å²) in [6.07, 6.45) is -4.48. The largest absolute Gasteiger partial charge is 0.493 e. The first-order chi connectivity index (χ1) is 13.7. The van der Waals surface area contributed by atoms with Crippen LogP contribution in [0.5, 0.6) is 11.5 Å². The minimum absolute atomic E-state index is 0.0182. The third-order valence-corrected chi connectivity index (χ3v) is 4.20. The van der Waals surface area contributed by atoms with Crippen molar-refractivity contribution in [1.29, 1.82) is 0 Å². The van der Waals surface area contributed by atoms with Crippen LogP contribution >= 0.6 is 0 Å². The second-order valence-corrected chi connectivity index (χ2v) is 6.40. The van der Waals surface area contributed by atoms with E-state index < -0.39 is 18.8 Å². The standard InChI is InChI=1S/C20H24F3N3O3/c1-14(26(2)16-7-5-4-6-8-16)12-24-19(27)25-15-9-10-17(28-3)18(11-15)29-13-20(21,22)23/h4-11,14H,12-13H2,1-3H3,(H2,24,25,27). The van der Waals surface area contributed by atoms with Gasteiger partial charge in [-0.25, -0.2) is 4.79 Å². The highest BCUT2D eigenvalue weighted by Crippen LogP contribution is 2.31. The Morgan fingerprint density at radius 3 is 2.45 bits per heavy atom. The molecule has 0 spiro atoms. The number of nitrogens with one attached hydrogen (secondary N) is 2. The number of nitrogens with zero attached hydrogens (tertiary/aromatic N) is 1. The molecule has 2 amide bonds. The van der Waals surface area contributed by atoms with Gasteiger partial charge in [-0.3, -0.25) is 0 Å². The maximum Gasteiger partial charge on any atom is 0.422 e. The van der Waals surface area contributed by atoms with Crippen LogP contribution in [0.1, 0.15) is 6.92 Å². The normalized spacial score (nSPS) is 12.1. The fourth-order valence-corrected chi connectivity index (χ4v) is 2.50. The highest BCUT2D eigenvalue weighted by atomic mass is 19.4. The molecule has 0 heterocycles. The van der Waals surface area contributed by atoms with Crippen molar-refractivity contribution in [2.75, 3.05) is 37.5 Å². The van der Waals surface area contributed by atoms with Gasteiger partial charge in [0.2, 0.25) is 0 Å². The van der Waals surface area contributed by atoms with Crippen molar-refractivity contribution in [3.63, 3.8) is 0 Å². The average molecular weight is 411 g/mol. The number of urea groups is 1. The molecule has 2 aromatic rings. The summed E-state index contributed by atoms with van der Waals surface area (Å²) in [4.78, 5) is 14.2. The molecule has 0 aliphatic rings. The minimum atomic E-state index is -4.48. The van der Waals surface area contributed by atoms with Crippen LogP contribution in [0.25, 0.3) is 0 Å². The maximum absolute atomic E-state index is 12.4. The molecule has 2 N–H and O–H groups in total. The zero-order valence-electron chi connectivity index (χ0n) is 16.4. The van der Waals surface area contributed by atoms with Crippen LogP contribution < -0.4 is 25.0 Å². The first-order valence-corrected chi connectivity index (χ1v) is 8.90. The number of halogens is 3. The summed E-state index contributed by atoms with van der Waals surface area (Å²) in [5, 5.41) is 5.32. The van der Waals surface area contributed by atoms with Gasteiger partial charge in [0.25, 0.3) is 0 Å². The molecule has 0 fully saturated rings. The zero-order chi connectivity index (χ0) is 21.4. The fourth-order valence-electron chi connectivity index (χ4n) is 2.50. The summed E-state index contributed by atoms with van der Waals surface area (Å²) in [6.45, 7) is 0.872. The summed E-state index contributed by atoms with van der Waals surface area (Å²) in [5.74, 6) is 0.0260. The van der Waals surface area contributed by atoms with Gasteiger partial charge in [-0.05, 0) is 31.2 Å². The summed E-state index contributed by atoms with van der Waals surface area (Å²) in [5.41, 5.74) is 1.30. The Morgan fingerprint density at radius 2 is 1.83 bits per heavy atom. The van der Waals surface area contributed by atoms with Crippen molar-refractivity contribution >= 4 is 17.4 Å². The Bertz CT molecular complexity index is 801. The van der Waals surface area contributed by atoms with E-state index in [1.165, 1.54) is 25.3 Å². The molecular formula is C20H24F3N3O3. The molecular weight excluding hydrogens is 387 g/mol. The van der Waals surface area contributed by atoms with Gasteiger partial charge >= 0.3 is 12.2 Å². The Balaban J connectivity index is 1.92. The Morgan fingerprint density at radius 1 is 1.14 bits per heavy atom. The molecule has 158 valence electrons. The molecule has 0 saturated heterocycles. The Hall–Kier alpha value is -3.10. The van der Waals surface area contributed by atoms with Crippen LogP contribution in [0.3, 0.4) is 0 Å². The average Bonchev–Trinajstić information content (AvgIpc) is 2.70. The number of carbonyl (C=O) groups excluding carboxylic acids is 1. The van der Waals surface area contributed by atoms with Crippen LogP contribution in [0, 0.1) is 0 Å². The summed E-state index contributed by atoms with van der Waals surface area (Å²) >= 11 is 0. The van der Waals surface area contributed by atoms with Crippen LogP contribution in [-0.4, -0.2) is 45.6 Å². The molecule has 0 bridgehead atoms. The first kappa shape index (κ1) is 22.2. The quantitative estimate of drug-likeness (QED) is 0.681. The number of rotatable bonds is 8. The molecule has 2 rings (SSSR count). The van der Waals surface area contributed by atoms with E-state index in [9.17, 15) is 18.0 Å². The van der Waals surface area contributed by atoms with Crippen LogP contribution in [0.4, 0.5) is 29.3 Å². The number of hydrogen-bond donors (Lipinski definition) is 2. The smallest absolute Gasteiger partial charge is 0.422 e. The number of amides is 2. The number of methoxy groups -OCH3 is 1. The fraction of sp³-hybridized carbons (Fsp3) is 0.350. The zero-order valence-corrected chi connectivity index (χ0v) is 16.4. The Labute approximate surface area is 167 Å². The second kappa shape index (κ2) is 9.90. The third kappa shape index (κ3) is 7.10. The van der Waals surface area contributed by atoms with Crippen LogP contribution in [0.2, 0.25) is 0 Å². The van der Waals surface area contributed by atoms with Gasteiger partial charge < -0.3 is 25.0 Å². The number of ether oxygens (including phenoxy) is 2. The molecule has 0 aliphatic carbocycles. The molecule has 2 aromatic carbocycles. The lowest BCUT2D eigenvalue weighted by atomic mass is 10.2. The van der Waals surface area contributed by atoms with Gasteiger partial charge in [-0.15, -0.1) is 0 Å². The molecule has 0 aliphatic heterocycles. The summed E-state index contributed by atoms with van der Waals surface area (Å²) < 4.78 is 47.0. The number of para-hydroxylation sites is 1. The molecule has 0 aromatic heterocycles. The predicted octanol–water partition coefficient (Wildman–Crippen LogP) is 4.28. The van der Waals surface area contributed by atoms with Crippen molar-refractivity contribution < 1.29 is 27.4 Å². The van der Waals surface area contributed by atoms with E-state index in [4.69, 9.17) is 9.47 Å². The highest BCUT2D eigenvalue weighted by molar-refractivity contribution is 5.89. The van der Waals surface area contributed by atoms with E-state index in [1.807, 2.05) is 49.2 Å². The van der Waals surface area contributed by atoms with E-state index >= 15 is 0 Å². The first-order valence-electron chi connectivity index (χ1n) is 8.90. The number of benzene rings is 2. The van der Waals surface area contributed by atoms with E-state index in [2.05, 4.69) is 10.6 Å². The number of anilines is 2. The third-order valence-electron chi connectivity index (χ3n) is 4.20. The lowest BCUT2D eigenvalue weighted by molar-refractivity contribution is -0.153. The number of hydrogen-bond acceptors (Lipinski definition) is 4. The molecule has 0 saturated carbocycles. The van der Waals surface area contributed by atoms with Crippen molar-refractivity contribution in [1.82, 2.24) is 5.32 Å². The maximum atomic E-state index is 12.4. The lowest BCUT2D eigenvalue weighted by Crippen LogP contribution is -2.41. The summed E-state index contributed by atoms with van der Waals surface area (Å²) in [7, 11) is 3.24. The van der Waals surface area contributed by atoms with Gasteiger partial charge in [0, 0.05) is 37.1 Å². The van der Waals surface area contributed by atoms with Crippen LogP contribution in [-0.2, 0) is 0 Å². The molecule has 29 heavy (non-hydrogen) atoms. The van der Waals surface area contributed by atoms with E-state index in [1.54, 1.807) is 0 Å². The van der Waals surface area contributed by atoms with Gasteiger partial charge in [-0.1, -0.05) is 18.2 Å². The van der Waals surface area contributed by atoms with Gasteiger partial charge in [0.15, 0.2) is 18.1 Å². The van der Waals surface area contributed by atoms with Crippen molar-refractivity contribution in [3.05, 3.63) is 48.5 Å². The molecule has 1 unspecified atom stereocenters. The lowest BCUT2D eigenvalue weighted by Gasteiger charge is -2.27. The second-order valence-electron chi connectivity index (χ2n) is 6.40. The molecule has 1 atom stereocenters. The molecule has 0 radical (unpaired) electrons. The topological polar surface area (TPSA) is 62.8 Å². The number of carbonyl (C=O) groups is 1. The van der Waals surface area contributed by atoms with E-state index in [0.29, 0.717) is 6.54 Å². The van der Waals surface area contributed by atoms with Gasteiger partial charge in [-0.2, -0.15) is 13.2 Å². The van der Waals surface area contributed by atoms with Crippen LogP contribution in [0.15, 0.2) is 48.5 Å². The van der Waals surface area contributed by atoms with Crippen molar-refractivity contribution in [2.45, 2.75) is 19.1 Å². The number of likely N-dealkylation sites (N-methyl/N-ethyl adjacent to an activating group) is 1. The molecule has 9 heteroatoms. The van der Waals surface area contributed by atoms with Gasteiger partial charge in [0.1, 0.15) is 0 Å². The van der Waals surface area contributed by atoms with E-state index in [0.717, 1.165) is 5.69 Å². The highest BCUT2D eigenvalue weighted by Gasteiger charge is 2.29.